The maximum atomic E-state index is 12.5. The third-order valence-corrected chi connectivity index (χ3v) is 6.52. The molecule has 7 heteroatoms. The van der Waals surface area contributed by atoms with E-state index < -0.39 is 11.6 Å². The lowest BCUT2D eigenvalue weighted by Gasteiger charge is -2.38. The molecule has 0 aromatic heterocycles. The Morgan fingerprint density at radius 1 is 1.14 bits per heavy atom. The molecule has 1 saturated carbocycles. The molecule has 1 aromatic rings. The number of hydrogen-bond acceptors (Lipinski definition) is 4. The highest BCUT2D eigenvalue weighted by molar-refractivity contribution is 5.94. The molecule has 2 N–H and O–H groups in total. The van der Waals surface area contributed by atoms with E-state index in [0.717, 1.165) is 18.4 Å². The van der Waals surface area contributed by atoms with E-state index >= 15 is 0 Å². The number of amides is 2. The van der Waals surface area contributed by atoms with Gasteiger partial charge in [-0.25, -0.2) is 9.59 Å². The number of carboxylic acids is 1. The molecule has 2 aliphatic heterocycles. The van der Waals surface area contributed by atoms with Crippen molar-refractivity contribution in [2.45, 2.75) is 44.1 Å². The molecular weight excluding hydrogens is 360 g/mol. The lowest BCUT2D eigenvalue weighted by molar-refractivity contribution is -0.143. The van der Waals surface area contributed by atoms with Crippen LogP contribution in [0.5, 0.6) is 0 Å². The van der Waals surface area contributed by atoms with E-state index in [1.165, 1.54) is 0 Å². The van der Waals surface area contributed by atoms with Gasteiger partial charge in [-0.15, -0.1) is 0 Å². The van der Waals surface area contributed by atoms with Crippen molar-refractivity contribution in [3.63, 3.8) is 0 Å². The summed E-state index contributed by atoms with van der Waals surface area (Å²) in [6.07, 6.45) is 4.26. The molecule has 0 bridgehead atoms. The second-order valence-electron chi connectivity index (χ2n) is 8.16. The van der Waals surface area contributed by atoms with Crippen LogP contribution in [0.4, 0.5) is 4.79 Å². The SMILES string of the molecule is O=C1OC2(CCN(C(=O)NCC3CCC(C(=O)O)CC3)CC2)c2ccccc21. The minimum Gasteiger partial charge on any atom is -0.481 e. The van der Waals surface area contributed by atoms with Gasteiger partial charge in [0.25, 0.3) is 0 Å². The zero-order valence-corrected chi connectivity index (χ0v) is 15.9. The van der Waals surface area contributed by atoms with Crippen LogP contribution in [-0.4, -0.2) is 47.6 Å². The lowest BCUT2D eigenvalue weighted by Crippen LogP contribution is -2.49. The van der Waals surface area contributed by atoms with E-state index in [1.54, 1.807) is 11.0 Å². The van der Waals surface area contributed by atoms with Crippen molar-refractivity contribution in [2.24, 2.45) is 11.8 Å². The molecule has 0 atom stereocenters. The molecule has 2 heterocycles. The normalized spacial score (nSPS) is 25.9. The summed E-state index contributed by atoms with van der Waals surface area (Å²) in [5.41, 5.74) is 0.979. The molecule has 1 aromatic carbocycles. The van der Waals surface area contributed by atoms with Gasteiger partial charge in [-0.3, -0.25) is 4.79 Å². The van der Waals surface area contributed by atoms with E-state index in [4.69, 9.17) is 9.84 Å². The highest BCUT2D eigenvalue weighted by Crippen LogP contribution is 2.43. The number of aliphatic carboxylic acids is 1. The standard InChI is InChI=1S/C21H26N2O5/c24-18(25)15-7-5-14(6-8-15)13-22-20(27)23-11-9-21(10-12-23)17-4-2-1-3-16(17)19(26)28-21/h1-4,14-15H,5-13H2,(H,22,27)(H,24,25). The van der Waals surface area contributed by atoms with E-state index in [2.05, 4.69) is 5.32 Å². The number of rotatable bonds is 3. The molecule has 3 aliphatic rings. The molecular formula is C21H26N2O5. The minimum atomic E-state index is -0.709. The van der Waals surface area contributed by atoms with Gasteiger partial charge in [0.2, 0.25) is 0 Å². The van der Waals surface area contributed by atoms with Gasteiger partial charge in [0, 0.05) is 38.0 Å². The number of piperidine rings is 1. The van der Waals surface area contributed by atoms with Crippen LogP contribution in [0.2, 0.25) is 0 Å². The predicted molar refractivity (Wildman–Crippen MR) is 101 cm³/mol. The molecule has 0 unspecified atom stereocenters. The number of hydrogen-bond donors (Lipinski definition) is 2. The first-order valence-electron chi connectivity index (χ1n) is 10.1. The summed E-state index contributed by atoms with van der Waals surface area (Å²) in [5.74, 6) is -0.870. The largest absolute Gasteiger partial charge is 0.481 e. The Labute approximate surface area is 164 Å². The van der Waals surface area contributed by atoms with Crippen molar-refractivity contribution in [1.29, 1.82) is 0 Å². The lowest BCUT2D eigenvalue weighted by atomic mass is 9.82. The fourth-order valence-corrected chi connectivity index (χ4v) is 4.75. The van der Waals surface area contributed by atoms with Gasteiger partial charge in [-0.1, -0.05) is 18.2 Å². The number of ether oxygens (including phenoxy) is 1. The Hall–Kier alpha value is -2.57. The third-order valence-electron chi connectivity index (χ3n) is 6.52. The zero-order valence-electron chi connectivity index (χ0n) is 15.9. The number of carbonyl (C=O) groups is 3. The molecule has 0 radical (unpaired) electrons. The fourth-order valence-electron chi connectivity index (χ4n) is 4.75. The summed E-state index contributed by atoms with van der Waals surface area (Å²) in [7, 11) is 0. The Kier molecular flexibility index (Phi) is 5.00. The predicted octanol–water partition coefficient (Wildman–Crippen LogP) is 2.75. The number of urea groups is 1. The molecule has 2 fully saturated rings. The van der Waals surface area contributed by atoms with Gasteiger partial charge >= 0.3 is 18.0 Å². The van der Waals surface area contributed by atoms with Crippen LogP contribution in [0.1, 0.15) is 54.4 Å². The Morgan fingerprint density at radius 2 is 1.82 bits per heavy atom. The maximum absolute atomic E-state index is 12.5. The van der Waals surface area contributed by atoms with Crippen molar-refractivity contribution in [2.75, 3.05) is 19.6 Å². The second kappa shape index (κ2) is 7.45. The number of fused-ring (bicyclic) bond motifs is 2. The first kappa shape index (κ1) is 18.8. The van der Waals surface area contributed by atoms with Crippen LogP contribution in [0.15, 0.2) is 24.3 Å². The fraction of sp³-hybridized carbons (Fsp3) is 0.571. The summed E-state index contributed by atoms with van der Waals surface area (Å²) in [5, 5.41) is 12.1. The van der Waals surface area contributed by atoms with Crippen LogP contribution < -0.4 is 5.32 Å². The Bertz CT molecular complexity index is 777. The summed E-state index contributed by atoms with van der Waals surface area (Å²) >= 11 is 0. The van der Waals surface area contributed by atoms with Crippen LogP contribution >= 0.6 is 0 Å². The number of carboxylic acid groups (broad SMARTS) is 1. The van der Waals surface area contributed by atoms with Gasteiger partial charge in [-0.2, -0.15) is 0 Å². The topological polar surface area (TPSA) is 95.9 Å². The minimum absolute atomic E-state index is 0.0900. The maximum Gasteiger partial charge on any atom is 0.339 e. The molecule has 2 amide bonds. The van der Waals surface area contributed by atoms with E-state index in [0.29, 0.717) is 56.8 Å². The van der Waals surface area contributed by atoms with Gasteiger partial charge in [0.1, 0.15) is 5.60 Å². The summed E-state index contributed by atoms with van der Waals surface area (Å²) in [4.78, 5) is 37.5. The van der Waals surface area contributed by atoms with Crippen molar-refractivity contribution in [1.82, 2.24) is 10.2 Å². The van der Waals surface area contributed by atoms with Crippen LogP contribution in [0.25, 0.3) is 0 Å². The average Bonchev–Trinajstić information content (AvgIpc) is 2.99. The number of likely N-dealkylation sites (tertiary alicyclic amines) is 1. The number of esters is 1. The second-order valence-corrected chi connectivity index (χ2v) is 8.16. The molecule has 28 heavy (non-hydrogen) atoms. The zero-order chi connectivity index (χ0) is 19.7. The van der Waals surface area contributed by atoms with Crippen LogP contribution in [0.3, 0.4) is 0 Å². The van der Waals surface area contributed by atoms with Crippen LogP contribution in [-0.2, 0) is 15.1 Å². The average molecular weight is 386 g/mol. The van der Waals surface area contributed by atoms with E-state index in [9.17, 15) is 14.4 Å². The van der Waals surface area contributed by atoms with Crippen molar-refractivity contribution >= 4 is 18.0 Å². The first-order valence-corrected chi connectivity index (χ1v) is 10.1. The van der Waals surface area contributed by atoms with Gasteiger partial charge in [-0.05, 0) is 37.7 Å². The van der Waals surface area contributed by atoms with Crippen molar-refractivity contribution in [3.05, 3.63) is 35.4 Å². The monoisotopic (exact) mass is 386 g/mol. The summed E-state index contributed by atoms with van der Waals surface area (Å²) in [6, 6.07) is 7.41. The molecule has 1 aliphatic carbocycles. The number of benzene rings is 1. The quantitative estimate of drug-likeness (QED) is 0.779. The van der Waals surface area contributed by atoms with Gasteiger partial charge in [0.15, 0.2) is 0 Å². The molecule has 1 spiro atoms. The van der Waals surface area contributed by atoms with Gasteiger partial charge in [0.05, 0.1) is 11.5 Å². The van der Waals surface area contributed by atoms with Crippen molar-refractivity contribution in [3.8, 4) is 0 Å². The third kappa shape index (κ3) is 3.45. The Morgan fingerprint density at radius 3 is 2.50 bits per heavy atom. The Balaban J connectivity index is 1.27. The van der Waals surface area contributed by atoms with E-state index in [1.807, 2.05) is 18.2 Å². The number of nitrogens with zero attached hydrogens (tertiary/aromatic N) is 1. The molecule has 4 rings (SSSR count). The van der Waals surface area contributed by atoms with Crippen molar-refractivity contribution < 1.29 is 24.2 Å². The first-order chi connectivity index (χ1) is 13.5. The number of nitrogens with one attached hydrogen (secondary N) is 1. The molecule has 7 nitrogen and oxygen atoms in total. The summed E-state index contributed by atoms with van der Waals surface area (Å²) in [6.45, 7) is 1.67. The highest BCUT2D eigenvalue weighted by atomic mass is 16.6. The summed E-state index contributed by atoms with van der Waals surface area (Å²) < 4.78 is 5.73. The van der Waals surface area contributed by atoms with E-state index in [-0.39, 0.29) is 17.9 Å². The number of carbonyl (C=O) groups excluding carboxylic acids is 2. The van der Waals surface area contributed by atoms with Gasteiger partial charge < -0.3 is 20.1 Å². The smallest absolute Gasteiger partial charge is 0.339 e. The molecule has 150 valence electrons. The highest BCUT2D eigenvalue weighted by Gasteiger charge is 2.47. The van der Waals surface area contributed by atoms with Crippen LogP contribution in [0, 0.1) is 11.8 Å². The molecule has 1 saturated heterocycles.